The third kappa shape index (κ3) is 64.8. The molecule has 0 aliphatic rings. The zero-order valence-corrected chi connectivity index (χ0v) is 51.9. The molecule has 0 aliphatic carbocycles. The van der Waals surface area contributed by atoms with Crippen molar-refractivity contribution < 1.29 is 28.6 Å². The molecule has 0 fully saturated rings. The highest BCUT2D eigenvalue weighted by Gasteiger charge is 2.19. The first kappa shape index (κ1) is 75.1. The third-order valence-corrected chi connectivity index (χ3v) is 14.2. The predicted molar refractivity (Wildman–Crippen MR) is 343 cm³/mol. The van der Waals surface area contributed by atoms with Crippen LogP contribution in [-0.2, 0) is 28.6 Å². The molecule has 6 heteroatoms. The number of carbonyl (C=O) groups excluding carboxylic acids is 3. The Hall–Kier alpha value is -3.93. The van der Waals surface area contributed by atoms with Crippen LogP contribution < -0.4 is 0 Å². The van der Waals surface area contributed by atoms with Gasteiger partial charge in [-0.25, -0.2) is 0 Å². The smallest absolute Gasteiger partial charge is 0.306 e. The Morgan fingerprint density at radius 2 is 0.494 bits per heavy atom. The van der Waals surface area contributed by atoms with Crippen molar-refractivity contribution in [2.75, 3.05) is 13.2 Å². The van der Waals surface area contributed by atoms with Crippen molar-refractivity contribution in [2.24, 2.45) is 0 Å². The Morgan fingerprint density at radius 1 is 0.266 bits per heavy atom. The monoisotopic (exact) mass is 1100 g/mol. The van der Waals surface area contributed by atoms with Crippen LogP contribution in [0.1, 0.15) is 316 Å². The zero-order chi connectivity index (χ0) is 57.1. The molecule has 1 unspecified atom stereocenters. The summed E-state index contributed by atoms with van der Waals surface area (Å²) in [4.78, 5) is 38.4. The van der Waals surface area contributed by atoms with Gasteiger partial charge in [0.2, 0.25) is 0 Å². The lowest BCUT2D eigenvalue weighted by Crippen LogP contribution is -2.30. The largest absolute Gasteiger partial charge is 0.462 e. The van der Waals surface area contributed by atoms with E-state index in [2.05, 4.69) is 130 Å². The molecule has 0 aromatic heterocycles. The van der Waals surface area contributed by atoms with Crippen LogP contribution in [0.3, 0.4) is 0 Å². The molecule has 0 aromatic rings. The molecule has 0 radical (unpaired) electrons. The Labute approximate surface area is 489 Å². The summed E-state index contributed by atoms with van der Waals surface area (Å²) in [6, 6.07) is 0. The predicted octanol–water partition coefficient (Wildman–Crippen LogP) is 23.0. The van der Waals surface area contributed by atoms with Gasteiger partial charge in [0, 0.05) is 19.3 Å². The maximum absolute atomic E-state index is 12.9. The molecular weight excluding hydrogens is 973 g/mol. The van der Waals surface area contributed by atoms with Gasteiger partial charge in [0.25, 0.3) is 0 Å². The normalized spacial score (nSPS) is 12.8. The fourth-order valence-corrected chi connectivity index (χ4v) is 9.24. The summed E-state index contributed by atoms with van der Waals surface area (Å²) in [6.07, 6.45) is 90.9. The van der Waals surface area contributed by atoms with Gasteiger partial charge in [-0.1, -0.05) is 278 Å². The molecule has 0 rings (SSSR count). The molecule has 0 heterocycles. The van der Waals surface area contributed by atoms with Crippen molar-refractivity contribution in [1.82, 2.24) is 0 Å². The van der Waals surface area contributed by atoms with Crippen LogP contribution in [0.25, 0.3) is 0 Å². The molecule has 79 heavy (non-hydrogen) atoms. The van der Waals surface area contributed by atoms with E-state index in [-0.39, 0.29) is 31.1 Å². The van der Waals surface area contributed by atoms with Crippen molar-refractivity contribution >= 4 is 17.9 Å². The van der Waals surface area contributed by atoms with Crippen molar-refractivity contribution in [3.63, 3.8) is 0 Å². The summed E-state index contributed by atoms with van der Waals surface area (Å²) in [5.74, 6) is -0.917. The summed E-state index contributed by atoms with van der Waals surface area (Å²) in [7, 11) is 0. The molecule has 0 aromatic carbocycles. The standard InChI is InChI=1S/C73H124O6/c1-4-7-10-13-16-19-22-25-28-30-32-34-35-36-37-39-40-42-45-48-51-54-57-60-63-66-72(75)78-69-70(68-77-71(74)65-62-59-56-53-50-47-44-27-24-21-18-15-12-9-6-3)79-73(76)67-64-61-58-55-52-49-46-43-41-38-33-31-29-26-23-20-17-14-11-8-5-2/h9,12,18,21-23,25-27,30-33,35-36,41,43-44,70H,4-8,10-11,13-17,19-20,24,28-29,34,37-40,42,45-69H2,1-3H3/b12-9-,21-18-,25-22-,26-23-,32-30-,33-31-,36-35-,43-41-,44-27-. The first-order chi connectivity index (χ1) is 39.0. The number of hydrogen-bond donors (Lipinski definition) is 0. The van der Waals surface area contributed by atoms with Crippen LogP contribution in [0.4, 0.5) is 0 Å². The lowest BCUT2D eigenvalue weighted by atomic mass is 10.1. The van der Waals surface area contributed by atoms with Crippen molar-refractivity contribution in [2.45, 2.75) is 322 Å². The average molecular weight is 1100 g/mol. The van der Waals surface area contributed by atoms with E-state index in [1.165, 1.54) is 141 Å². The molecular formula is C73H124O6. The Kier molecular flexibility index (Phi) is 63.3. The van der Waals surface area contributed by atoms with E-state index >= 15 is 0 Å². The summed E-state index contributed by atoms with van der Waals surface area (Å²) < 4.78 is 16.9. The maximum atomic E-state index is 12.9. The van der Waals surface area contributed by atoms with Crippen LogP contribution >= 0.6 is 0 Å². The highest BCUT2D eigenvalue weighted by molar-refractivity contribution is 5.71. The summed E-state index contributed by atoms with van der Waals surface area (Å²) in [6.45, 7) is 6.50. The van der Waals surface area contributed by atoms with Crippen molar-refractivity contribution in [3.8, 4) is 0 Å². The van der Waals surface area contributed by atoms with Gasteiger partial charge in [0.1, 0.15) is 13.2 Å². The highest BCUT2D eigenvalue weighted by atomic mass is 16.6. The quantitative estimate of drug-likeness (QED) is 0.0261. The molecule has 0 aliphatic heterocycles. The van der Waals surface area contributed by atoms with Crippen molar-refractivity contribution in [1.29, 1.82) is 0 Å². The van der Waals surface area contributed by atoms with Gasteiger partial charge in [-0.15, -0.1) is 0 Å². The van der Waals surface area contributed by atoms with Gasteiger partial charge in [0.15, 0.2) is 6.10 Å². The van der Waals surface area contributed by atoms with Gasteiger partial charge in [-0.2, -0.15) is 0 Å². The van der Waals surface area contributed by atoms with E-state index in [1.807, 2.05) is 0 Å². The van der Waals surface area contributed by atoms with Gasteiger partial charge in [-0.05, 0) is 128 Å². The number of unbranched alkanes of at least 4 members (excludes halogenated alkanes) is 31. The fourth-order valence-electron chi connectivity index (χ4n) is 9.24. The number of allylic oxidation sites excluding steroid dienone is 18. The number of esters is 3. The zero-order valence-electron chi connectivity index (χ0n) is 51.9. The first-order valence-electron chi connectivity index (χ1n) is 33.4. The van der Waals surface area contributed by atoms with Gasteiger partial charge in [-0.3, -0.25) is 14.4 Å². The van der Waals surface area contributed by atoms with E-state index in [4.69, 9.17) is 14.2 Å². The second-order valence-electron chi connectivity index (χ2n) is 22.0. The molecule has 1 atom stereocenters. The number of carbonyl (C=O) groups is 3. The van der Waals surface area contributed by atoms with Gasteiger partial charge >= 0.3 is 17.9 Å². The Balaban J connectivity index is 4.40. The molecule has 0 spiro atoms. The molecule has 6 nitrogen and oxygen atoms in total. The van der Waals surface area contributed by atoms with E-state index in [1.54, 1.807) is 0 Å². The van der Waals surface area contributed by atoms with Crippen LogP contribution in [0.2, 0.25) is 0 Å². The Morgan fingerprint density at radius 3 is 0.772 bits per heavy atom. The number of ether oxygens (including phenoxy) is 3. The molecule has 0 saturated heterocycles. The minimum Gasteiger partial charge on any atom is -0.462 e. The van der Waals surface area contributed by atoms with E-state index < -0.39 is 6.10 Å². The maximum Gasteiger partial charge on any atom is 0.306 e. The average Bonchev–Trinajstić information content (AvgIpc) is 3.45. The van der Waals surface area contributed by atoms with E-state index in [9.17, 15) is 14.4 Å². The van der Waals surface area contributed by atoms with Crippen LogP contribution in [0.5, 0.6) is 0 Å². The first-order valence-corrected chi connectivity index (χ1v) is 33.4. The molecule has 452 valence electrons. The fraction of sp³-hybridized carbons (Fsp3) is 0.712. The van der Waals surface area contributed by atoms with E-state index in [0.29, 0.717) is 19.3 Å². The van der Waals surface area contributed by atoms with Crippen LogP contribution in [0.15, 0.2) is 109 Å². The second kappa shape index (κ2) is 66.6. The third-order valence-electron chi connectivity index (χ3n) is 14.2. The lowest BCUT2D eigenvalue weighted by Gasteiger charge is -2.18. The Bertz CT molecular complexity index is 1590. The van der Waals surface area contributed by atoms with Crippen LogP contribution in [-0.4, -0.2) is 37.2 Å². The lowest BCUT2D eigenvalue weighted by molar-refractivity contribution is -0.167. The molecule has 0 bridgehead atoms. The summed E-state index contributed by atoms with van der Waals surface area (Å²) >= 11 is 0. The topological polar surface area (TPSA) is 78.9 Å². The molecule has 0 N–H and O–H groups in total. The van der Waals surface area contributed by atoms with E-state index in [0.717, 1.165) is 135 Å². The second-order valence-corrected chi connectivity index (χ2v) is 22.0. The molecule has 0 amide bonds. The van der Waals surface area contributed by atoms with Gasteiger partial charge in [0.05, 0.1) is 0 Å². The summed E-state index contributed by atoms with van der Waals surface area (Å²) in [5.41, 5.74) is 0. The highest BCUT2D eigenvalue weighted by Crippen LogP contribution is 2.16. The SMILES string of the molecule is CC/C=C\C/C=C\C/C=C\CCCCCCCC(=O)OCC(COC(=O)CCCCCCCCCCCC/C=C\C/C=C\C/C=C\CCCCCCC)OC(=O)CCCCCCCC/C=C\C/C=C\C/C=C\CCCCCCC. The van der Waals surface area contributed by atoms with Crippen LogP contribution in [0, 0.1) is 0 Å². The number of hydrogen-bond acceptors (Lipinski definition) is 6. The molecule has 0 saturated carbocycles. The minimum absolute atomic E-state index is 0.0919. The van der Waals surface area contributed by atoms with Gasteiger partial charge < -0.3 is 14.2 Å². The van der Waals surface area contributed by atoms with Crippen molar-refractivity contribution in [3.05, 3.63) is 109 Å². The number of rotatable bonds is 60. The summed E-state index contributed by atoms with van der Waals surface area (Å²) in [5, 5.41) is 0. The minimum atomic E-state index is -0.798.